The minimum Gasteiger partial charge on any atom is -0.475 e. The van der Waals surface area contributed by atoms with Gasteiger partial charge in [0.1, 0.15) is 6.61 Å². The van der Waals surface area contributed by atoms with Crippen molar-refractivity contribution in [1.82, 2.24) is 9.88 Å². The maximum atomic E-state index is 12.5. The lowest BCUT2D eigenvalue weighted by Crippen LogP contribution is -2.31. The molecule has 0 saturated heterocycles. The van der Waals surface area contributed by atoms with Crippen LogP contribution in [0.5, 0.6) is 5.88 Å². The fourth-order valence-corrected chi connectivity index (χ4v) is 1.77. The van der Waals surface area contributed by atoms with Crippen LogP contribution in [-0.2, 0) is 0 Å². The second-order valence-electron chi connectivity index (χ2n) is 5.17. The average Bonchev–Trinajstić information content (AvgIpc) is 2.53. The van der Waals surface area contributed by atoms with Crippen molar-refractivity contribution >= 4 is 5.78 Å². The molecule has 0 fully saturated rings. The third kappa shape index (κ3) is 3.89. The molecule has 2 aromatic rings. The number of likely N-dealkylation sites (N-methyl/N-ethyl adjacent to an activating group) is 1. The minimum atomic E-state index is -0.0730. The standard InChI is InChI=1S/C17H20N2O2/c1-13(19(2)3)12-21-17-15(10-7-11-18-17)16(20)14-8-5-4-6-9-14/h4-11,13H,12H2,1-3H3. The highest BCUT2D eigenvalue weighted by Gasteiger charge is 2.16. The Morgan fingerprint density at radius 3 is 2.57 bits per heavy atom. The van der Waals surface area contributed by atoms with Crippen molar-refractivity contribution in [2.24, 2.45) is 0 Å². The molecule has 1 aromatic carbocycles. The topological polar surface area (TPSA) is 42.4 Å². The maximum absolute atomic E-state index is 12.5. The summed E-state index contributed by atoms with van der Waals surface area (Å²) in [6, 6.07) is 12.9. The molecule has 0 amide bonds. The molecule has 0 saturated carbocycles. The van der Waals surface area contributed by atoms with Crippen LogP contribution in [0.3, 0.4) is 0 Å². The molecule has 4 nitrogen and oxygen atoms in total. The highest BCUT2D eigenvalue weighted by Crippen LogP contribution is 2.19. The molecule has 0 bridgehead atoms. The molecular formula is C17H20N2O2. The minimum absolute atomic E-state index is 0.0730. The molecule has 2 rings (SSSR count). The lowest BCUT2D eigenvalue weighted by Gasteiger charge is -2.20. The van der Waals surface area contributed by atoms with E-state index >= 15 is 0 Å². The van der Waals surface area contributed by atoms with Crippen molar-refractivity contribution in [2.75, 3.05) is 20.7 Å². The predicted molar refractivity (Wildman–Crippen MR) is 82.8 cm³/mol. The van der Waals surface area contributed by atoms with Crippen LogP contribution in [0.1, 0.15) is 22.8 Å². The Kier molecular flexibility index (Phi) is 5.06. The summed E-state index contributed by atoms with van der Waals surface area (Å²) in [4.78, 5) is 18.8. The van der Waals surface area contributed by atoms with E-state index in [0.29, 0.717) is 23.6 Å². The van der Waals surface area contributed by atoms with E-state index in [0.717, 1.165) is 0 Å². The number of nitrogens with zero attached hydrogens (tertiary/aromatic N) is 2. The summed E-state index contributed by atoms with van der Waals surface area (Å²) in [6.07, 6.45) is 1.64. The molecular weight excluding hydrogens is 264 g/mol. The zero-order valence-electron chi connectivity index (χ0n) is 12.6. The van der Waals surface area contributed by atoms with Gasteiger partial charge in [-0.25, -0.2) is 4.98 Å². The number of ether oxygens (including phenoxy) is 1. The number of carbonyl (C=O) groups excluding carboxylic acids is 1. The zero-order valence-corrected chi connectivity index (χ0v) is 12.6. The molecule has 0 radical (unpaired) electrons. The second-order valence-corrected chi connectivity index (χ2v) is 5.17. The van der Waals surface area contributed by atoms with Crippen LogP contribution in [0.15, 0.2) is 48.7 Å². The third-order valence-electron chi connectivity index (χ3n) is 3.39. The van der Waals surface area contributed by atoms with Crippen LogP contribution in [0.4, 0.5) is 0 Å². The van der Waals surface area contributed by atoms with Gasteiger partial charge in [0.25, 0.3) is 0 Å². The summed E-state index contributed by atoms with van der Waals surface area (Å²) < 4.78 is 5.73. The molecule has 1 heterocycles. The Morgan fingerprint density at radius 1 is 1.19 bits per heavy atom. The van der Waals surface area contributed by atoms with E-state index in [4.69, 9.17) is 4.74 Å². The van der Waals surface area contributed by atoms with Gasteiger partial charge in [-0.1, -0.05) is 30.3 Å². The number of rotatable bonds is 6. The number of carbonyl (C=O) groups is 1. The number of aromatic nitrogens is 1. The first-order chi connectivity index (χ1) is 10.1. The second kappa shape index (κ2) is 6.99. The Labute approximate surface area is 125 Å². The van der Waals surface area contributed by atoms with E-state index < -0.39 is 0 Å². The monoisotopic (exact) mass is 284 g/mol. The Hall–Kier alpha value is -2.20. The fourth-order valence-electron chi connectivity index (χ4n) is 1.77. The molecule has 0 N–H and O–H groups in total. The fraction of sp³-hybridized carbons (Fsp3) is 0.294. The first kappa shape index (κ1) is 15.2. The molecule has 110 valence electrons. The van der Waals surface area contributed by atoms with Gasteiger partial charge >= 0.3 is 0 Å². The molecule has 4 heteroatoms. The van der Waals surface area contributed by atoms with Crippen LogP contribution in [0.25, 0.3) is 0 Å². The van der Waals surface area contributed by atoms with Gasteiger partial charge in [-0.05, 0) is 33.2 Å². The van der Waals surface area contributed by atoms with Crippen molar-refractivity contribution in [3.05, 3.63) is 59.8 Å². The Bertz CT molecular complexity index is 597. The number of pyridine rings is 1. The summed E-state index contributed by atoms with van der Waals surface area (Å²) in [5.74, 6) is 0.316. The summed E-state index contributed by atoms with van der Waals surface area (Å²) in [6.45, 7) is 2.54. The summed E-state index contributed by atoms with van der Waals surface area (Å²) in [5.41, 5.74) is 1.13. The van der Waals surface area contributed by atoms with Gasteiger partial charge in [0, 0.05) is 17.8 Å². The van der Waals surface area contributed by atoms with Gasteiger partial charge in [0.05, 0.1) is 5.56 Å². The summed E-state index contributed by atoms with van der Waals surface area (Å²) >= 11 is 0. The van der Waals surface area contributed by atoms with Crippen LogP contribution in [0, 0.1) is 0 Å². The van der Waals surface area contributed by atoms with Crippen molar-refractivity contribution < 1.29 is 9.53 Å². The molecule has 1 aromatic heterocycles. The third-order valence-corrected chi connectivity index (χ3v) is 3.39. The first-order valence-electron chi connectivity index (χ1n) is 6.93. The highest BCUT2D eigenvalue weighted by molar-refractivity contribution is 6.10. The van der Waals surface area contributed by atoms with Crippen molar-refractivity contribution in [1.29, 1.82) is 0 Å². The highest BCUT2D eigenvalue weighted by atomic mass is 16.5. The van der Waals surface area contributed by atoms with E-state index in [1.54, 1.807) is 30.5 Å². The normalized spacial score (nSPS) is 12.2. The van der Waals surface area contributed by atoms with Gasteiger partial charge < -0.3 is 9.64 Å². The Balaban J connectivity index is 2.19. The zero-order chi connectivity index (χ0) is 15.2. The molecule has 0 aliphatic rings. The van der Waals surface area contributed by atoms with Crippen LogP contribution < -0.4 is 4.74 Å². The van der Waals surface area contributed by atoms with Gasteiger partial charge in [0.2, 0.25) is 5.88 Å². The predicted octanol–water partition coefficient (Wildman–Crippen LogP) is 2.64. The van der Waals surface area contributed by atoms with E-state index in [1.807, 2.05) is 32.3 Å². The van der Waals surface area contributed by atoms with Crippen molar-refractivity contribution in [3.8, 4) is 5.88 Å². The van der Waals surface area contributed by atoms with Crippen LogP contribution >= 0.6 is 0 Å². The molecule has 0 aliphatic carbocycles. The van der Waals surface area contributed by atoms with E-state index in [1.165, 1.54) is 0 Å². The first-order valence-corrected chi connectivity index (χ1v) is 6.93. The SMILES string of the molecule is CC(COc1ncccc1C(=O)c1ccccc1)N(C)C. The lowest BCUT2D eigenvalue weighted by atomic mass is 10.0. The quantitative estimate of drug-likeness (QED) is 0.765. The summed E-state index contributed by atoms with van der Waals surface area (Å²) in [5, 5.41) is 0. The lowest BCUT2D eigenvalue weighted by molar-refractivity contribution is 0.103. The Morgan fingerprint density at radius 2 is 1.90 bits per heavy atom. The molecule has 1 atom stereocenters. The van der Waals surface area contributed by atoms with Crippen molar-refractivity contribution in [3.63, 3.8) is 0 Å². The van der Waals surface area contributed by atoms with E-state index in [2.05, 4.69) is 16.8 Å². The maximum Gasteiger partial charge on any atom is 0.224 e. The van der Waals surface area contributed by atoms with Crippen LogP contribution in [-0.4, -0.2) is 42.4 Å². The molecule has 0 spiro atoms. The van der Waals surface area contributed by atoms with Gasteiger partial charge in [-0.2, -0.15) is 0 Å². The van der Waals surface area contributed by atoms with Crippen molar-refractivity contribution in [2.45, 2.75) is 13.0 Å². The number of ketones is 1. The largest absolute Gasteiger partial charge is 0.475 e. The van der Waals surface area contributed by atoms with Crippen LogP contribution in [0.2, 0.25) is 0 Å². The molecule has 1 unspecified atom stereocenters. The molecule has 0 aliphatic heterocycles. The van der Waals surface area contributed by atoms with Gasteiger partial charge in [-0.15, -0.1) is 0 Å². The average molecular weight is 284 g/mol. The smallest absolute Gasteiger partial charge is 0.224 e. The number of hydrogen-bond acceptors (Lipinski definition) is 4. The van der Waals surface area contributed by atoms with Gasteiger partial charge in [-0.3, -0.25) is 4.79 Å². The van der Waals surface area contributed by atoms with Gasteiger partial charge in [0.15, 0.2) is 5.78 Å². The number of benzene rings is 1. The van der Waals surface area contributed by atoms with E-state index in [-0.39, 0.29) is 11.8 Å². The molecule has 21 heavy (non-hydrogen) atoms. The van der Waals surface area contributed by atoms with E-state index in [9.17, 15) is 4.79 Å². The summed E-state index contributed by atoms with van der Waals surface area (Å²) in [7, 11) is 3.98. The number of hydrogen-bond donors (Lipinski definition) is 0.